The second-order valence-corrected chi connectivity index (χ2v) is 9.01. The lowest BCUT2D eigenvalue weighted by molar-refractivity contribution is -0.121. The van der Waals surface area contributed by atoms with Crippen molar-refractivity contribution >= 4 is 38.9 Å². The molecule has 0 fully saturated rings. The number of nitrogens with zero attached hydrogens (tertiary/aromatic N) is 1. The third-order valence-electron chi connectivity index (χ3n) is 3.26. The molecule has 1 aromatic carbocycles. The number of carbonyl (C=O) groups is 1. The number of carbonyl (C=O) groups excluding carboxylic acids is 1. The van der Waals surface area contributed by atoms with Crippen LogP contribution in [-0.4, -0.2) is 32.2 Å². The minimum Gasteiger partial charge on any atom is -0.348 e. The lowest BCUT2D eigenvalue weighted by Gasteiger charge is -2.18. The van der Waals surface area contributed by atoms with Crippen LogP contribution in [-0.2, 0) is 14.8 Å². The summed E-state index contributed by atoms with van der Waals surface area (Å²) in [5, 5.41) is 2.79. The molecule has 8 heteroatoms. The van der Waals surface area contributed by atoms with Gasteiger partial charge in [0, 0.05) is 7.05 Å². The Kier molecular flexibility index (Phi) is 5.80. The van der Waals surface area contributed by atoms with Crippen molar-refractivity contribution in [3.63, 3.8) is 0 Å². The van der Waals surface area contributed by atoms with Crippen LogP contribution in [0.15, 0.2) is 46.7 Å². The monoisotopic (exact) mass is 372 g/mol. The maximum Gasteiger partial charge on any atom is 0.252 e. The molecule has 2 rings (SSSR count). The lowest BCUT2D eigenvalue weighted by Crippen LogP contribution is -2.39. The number of hydrogen-bond donors (Lipinski definition) is 1. The van der Waals surface area contributed by atoms with Gasteiger partial charge >= 0.3 is 0 Å². The van der Waals surface area contributed by atoms with Crippen LogP contribution in [0.2, 0.25) is 4.34 Å². The average Bonchev–Trinajstić information content (AvgIpc) is 2.95. The molecule has 0 aliphatic carbocycles. The predicted molar refractivity (Wildman–Crippen MR) is 92.1 cm³/mol. The van der Waals surface area contributed by atoms with Crippen LogP contribution in [0.25, 0.3) is 0 Å². The zero-order chi connectivity index (χ0) is 17.0. The topological polar surface area (TPSA) is 66.5 Å². The Morgan fingerprint density at radius 3 is 2.48 bits per heavy atom. The van der Waals surface area contributed by atoms with Gasteiger partial charge < -0.3 is 5.32 Å². The molecule has 0 spiro atoms. The minimum absolute atomic E-state index is 0.119. The van der Waals surface area contributed by atoms with Crippen molar-refractivity contribution in [3.05, 3.63) is 52.4 Å². The molecule has 1 heterocycles. The van der Waals surface area contributed by atoms with Crippen LogP contribution in [0.5, 0.6) is 0 Å². The molecule has 0 aliphatic heterocycles. The van der Waals surface area contributed by atoms with Gasteiger partial charge in [-0.05, 0) is 24.6 Å². The summed E-state index contributed by atoms with van der Waals surface area (Å²) in [7, 11) is -2.34. The third-order valence-corrected chi connectivity index (χ3v) is 6.76. The summed E-state index contributed by atoms with van der Waals surface area (Å²) in [5.74, 6) is -0.366. The first kappa shape index (κ1) is 17.9. The molecule has 1 aromatic heterocycles. The van der Waals surface area contributed by atoms with E-state index in [2.05, 4.69) is 5.32 Å². The fourth-order valence-corrected chi connectivity index (χ4v) is 4.81. The van der Waals surface area contributed by atoms with Crippen LogP contribution in [0.4, 0.5) is 0 Å². The van der Waals surface area contributed by atoms with E-state index < -0.39 is 10.0 Å². The van der Waals surface area contributed by atoms with Gasteiger partial charge in [-0.2, -0.15) is 4.31 Å². The summed E-state index contributed by atoms with van der Waals surface area (Å²) in [6.07, 6.45) is 0. The van der Waals surface area contributed by atoms with Gasteiger partial charge in [0.25, 0.3) is 10.0 Å². The molecule has 0 radical (unpaired) electrons. The van der Waals surface area contributed by atoms with E-state index in [1.165, 1.54) is 19.2 Å². The minimum atomic E-state index is -3.71. The second-order valence-electron chi connectivity index (χ2n) is 5.02. The van der Waals surface area contributed by atoms with Crippen molar-refractivity contribution in [3.8, 4) is 0 Å². The number of nitrogens with one attached hydrogen (secondary N) is 1. The molecule has 0 unspecified atom stereocenters. The van der Waals surface area contributed by atoms with E-state index in [1.54, 1.807) is 0 Å². The molecule has 5 nitrogen and oxygen atoms in total. The van der Waals surface area contributed by atoms with Gasteiger partial charge in [-0.15, -0.1) is 11.3 Å². The second kappa shape index (κ2) is 7.44. The highest BCUT2D eigenvalue weighted by atomic mass is 35.5. The molecule has 2 aromatic rings. The van der Waals surface area contributed by atoms with Gasteiger partial charge in [-0.3, -0.25) is 4.79 Å². The van der Waals surface area contributed by atoms with Gasteiger partial charge in [0.2, 0.25) is 5.91 Å². The molecule has 124 valence electrons. The molecule has 0 bridgehead atoms. The quantitative estimate of drug-likeness (QED) is 0.847. The predicted octanol–water partition coefficient (Wildman–Crippen LogP) is 2.90. The summed E-state index contributed by atoms with van der Waals surface area (Å²) in [5.41, 5.74) is 0.955. The highest BCUT2D eigenvalue weighted by Crippen LogP contribution is 2.27. The molecule has 1 atom stereocenters. The Hall–Kier alpha value is -1.41. The van der Waals surface area contributed by atoms with E-state index in [0.717, 1.165) is 21.2 Å². The van der Waals surface area contributed by atoms with E-state index in [9.17, 15) is 13.2 Å². The van der Waals surface area contributed by atoms with E-state index in [0.29, 0.717) is 4.34 Å². The Morgan fingerprint density at radius 2 is 1.91 bits per heavy atom. The SMILES string of the molecule is C[C@H](NC(=O)CN(C)S(=O)(=O)c1ccc(Cl)s1)c1ccccc1. The average molecular weight is 373 g/mol. The third kappa shape index (κ3) is 4.54. The van der Waals surface area contributed by atoms with E-state index >= 15 is 0 Å². The number of rotatable bonds is 6. The van der Waals surface area contributed by atoms with Crippen molar-refractivity contribution in [2.24, 2.45) is 0 Å². The zero-order valence-electron chi connectivity index (χ0n) is 12.7. The first-order chi connectivity index (χ1) is 10.8. The number of likely N-dealkylation sites (N-methyl/N-ethyl adjacent to an activating group) is 1. The summed E-state index contributed by atoms with van der Waals surface area (Å²) >= 11 is 6.73. The summed E-state index contributed by atoms with van der Waals surface area (Å²) in [4.78, 5) is 12.1. The Morgan fingerprint density at radius 1 is 1.26 bits per heavy atom. The molecule has 0 saturated heterocycles. The number of sulfonamides is 1. The number of thiophene rings is 1. The zero-order valence-corrected chi connectivity index (χ0v) is 15.1. The largest absolute Gasteiger partial charge is 0.348 e. The number of amides is 1. The maximum atomic E-state index is 12.3. The highest BCUT2D eigenvalue weighted by Gasteiger charge is 2.25. The molecule has 0 aliphatic rings. The first-order valence-electron chi connectivity index (χ1n) is 6.86. The molecule has 1 N–H and O–H groups in total. The van der Waals surface area contributed by atoms with Gasteiger partial charge in [0.05, 0.1) is 16.9 Å². The Bertz CT molecular complexity index is 775. The fourth-order valence-electron chi connectivity index (χ4n) is 1.99. The van der Waals surface area contributed by atoms with Crippen LogP contribution in [0, 0.1) is 0 Å². The Balaban J connectivity index is 1.99. The van der Waals surface area contributed by atoms with E-state index in [4.69, 9.17) is 11.6 Å². The molecule has 23 heavy (non-hydrogen) atoms. The summed E-state index contributed by atoms with van der Waals surface area (Å²) < 4.78 is 26.2. The van der Waals surface area contributed by atoms with Gasteiger partial charge in [0.15, 0.2) is 0 Å². The van der Waals surface area contributed by atoms with Crippen molar-refractivity contribution in [2.45, 2.75) is 17.2 Å². The Labute approximate surface area is 144 Å². The van der Waals surface area contributed by atoms with Crippen LogP contribution in [0.1, 0.15) is 18.5 Å². The maximum absolute atomic E-state index is 12.3. The molecule has 1 amide bonds. The normalized spacial score (nSPS) is 13.0. The fraction of sp³-hybridized carbons (Fsp3) is 0.267. The summed E-state index contributed by atoms with van der Waals surface area (Å²) in [6, 6.07) is 12.2. The van der Waals surface area contributed by atoms with Crippen molar-refractivity contribution in [1.29, 1.82) is 0 Å². The molecular weight excluding hydrogens is 356 g/mol. The first-order valence-corrected chi connectivity index (χ1v) is 9.50. The van der Waals surface area contributed by atoms with Crippen LogP contribution < -0.4 is 5.32 Å². The van der Waals surface area contributed by atoms with Crippen molar-refractivity contribution in [2.75, 3.05) is 13.6 Å². The van der Waals surface area contributed by atoms with Gasteiger partial charge in [0.1, 0.15) is 4.21 Å². The van der Waals surface area contributed by atoms with Crippen LogP contribution >= 0.6 is 22.9 Å². The van der Waals surface area contributed by atoms with Gasteiger partial charge in [-0.1, -0.05) is 41.9 Å². The lowest BCUT2D eigenvalue weighted by atomic mass is 10.1. The standard InChI is InChI=1S/C15H17ClN2O3S2/c1-11(12-6-4-3-5-7-12)17-14(19)10-18(2)23(20,21)15-9-8-13(16)22-15/h3-9,11H,10H2,1-2H3,(H,17,19)/t11-/m0/s1. The molecular formula is C15H17ClN2O3S2. The van der Waals surface area contributed by atoms with E-state index in [-0.39, 0.29) is 22.7 Å². The number of hydrogen-bond acceptors (Lipinski definition) is 4. The van der Waals surface area contributed by atoms with Crippen LogP contribution in [0.3, 0.4) is 0 Å². The summed E-state index contributed by atoms with van der Waals surface area (Å²) in [6.45, 7) is 1.59. The molecule has 0 saturated carbocycles. The van der Waals surface area contributed by atoms with Crippen molar-refractivity contribution < 1.29 is 13.2 Å². The van der Waals surface area contributed by atoms with Gasteiger partial charge in [-0.25, -0.2) is 8.42 Å². The smallest absolute Gasteiger partial charge is 0.252 e. The number of benzene rings is 1. The van der Waals surface area contributed by atoms with E-state index in [1.807, 2.05) is 37.3 Å². The van der Waals surface area contributed by atoms with Crippen molar-refractivity contribution in [1.82, 2.24) is 9.62 Å². The number of halogens is 1. The highest BCUT2D eigenvalue weighted by molar-refractivity contribution is 7.91.